The Bertz CT molecular complexity index is 594. The minimum atomic E-state index is -0.217. The molecule has 4 heteroatoms. The first-order valence-corrected chi connectivity index (χ1v) is 6.56. The maximum atomic E-state index is 12.5. The fraction of sp³-hybridized carbons (Fsp3) is 0.188. The second kappa shape index (κ2) is 6.21. The third kappa shape index (κ3) is 2.81. The van der Waals surface area contributed by atoms with Gasteiger partial charge in [0.1, 0.15) is 5.75 Å². The lowest BCUT2D eigenvalue weighted by molar-refractivity contribution is 0.0986. The molecule has 0 radical (unpaired) electrons. The van der Waals surface area contributed by atoms with E-state index in [1.165, 1.54) is 6.07 Å². The van der Waals surface area contributed by atoms with Gasteiger partial charge < -0.3 is 15.7 Å². The number of para-hydroxylation sites is 1. The number of benzene rings is 2. The van der Waals surface area contributed by atoms with Crippen molar-refractivity contribution in [3.63, 3.8) is 0 Å². The predicted octanol–water partition coefficient (Wildman–Crippen LogP) is 2.52. The van der Waals surface area contributed by atoms with Crippen molar-refractivity contribution in [1.82, 2.24) is 0 Å². The van der Waals surface area contributed by atoms with Crippen LogP contribution >= 0.6 is 0 Å². The highest BCUT2D eigenvalue weighted by atomic mass is 16.3. The molecule has 2 rings (SSSR count). The Kier molecular flexibility index (Phi) is 4.38. The molecular formula is C16H18N2O2. The highest BCUT2D eigenvalue weighted by Gasteiger charge is 2.18. The third-order valence-electron chi connectivity index (χ3n) is 3.18. The van der Waals surface area contributed by atoms with Gasteiger partial charge in [-0.1, -0.05) is 24.3 Å². The molecule has 0 heterocycles. The first-order valence-electron chi connectivity index (χ1n) is 6.56. The number of phenols is 1. The van der Waals surface area contributed by atoms with Gasteiger partial charge in [-0.3, -0.25) is 4.79 Å². The van der Waals surface area contributed by atoms with Crippen molar-refractivity contribution in [3.05, 3.63) is 59.7 Å². The van der Waals surface area contributed by atoms with Gasteiger partial charge in [0, 0.05) is 18.8 Å². The van der Waals surface area contributed by atoms with Crippen LogP contribution in [0, 0.1) is 0 Å². The standard InChI is InChI=1S/C16H18N2O2/c1-2-18(13-9-7-12(11-17)8-10-13)16(20)14-5-3-4-6-15(14)19/h3-10,19H,2,11,17H2,1H3. The van der Waals surface area contributed by atoms with Gasteiger partial charge in [0.15, 0.2) is 0 Å². The Morgan fingerprint density at radius 3 is 2.35 bits per heavy atom. The number of carbonyl (C=O) groups is 1. The van der Waals surface area contributed by atoms with E-state index in [9.17, 15) is 9.90 Å². The zero-order valence-corrected chi connectivity index (χ0v) is 11.4. The molecule has 20 heavy (non-hydrogen) atoms. The zero-order chi connectivity index (χ0) is 14.5. The Morgan fingerprint density at radius 1 is 1.15 bits per heavy atom. The summed E-state index contributed by atoms with van der Waals surface area (Å²) in [7, 11) is 0. The monoisotopic (exact) mass is 270 g/mol. The molecule has 3 N–H and O–H groups in total. The van der Waals surface area contributed by atoms with Crippen molar-refractivity contribution >= 4 is 11.6 Å². The average molecular weight is 270 g/mol. The third-order valence-corrected chi connectivity index (χ3v) is 3.18. The Hall–Kier alpha value is -2.33. The van der Waals surface area contributed by atoms with E-state index in [1.54, 1.807) is 23.1 Å². The number of nitrogens with zero attached hydrogens (tertiary/aromatic N) is 1. The minimum absolute atomic E-state index is 0.00507. The second-order valence-corrected chi connectivity index (χ2v) is 4.44. The minimum Gasteiger partial charge on any atom is -0.507 e. The Balaban J connectivity index is 2.32. The van der Waals surface area contributed by atoms with Gasteiger partial charge in [-0.05, 0) is 36.8 Å². The quantitative estimate of drug-likeness (QED) is 0.897. The molecule has 2 aromatic rings. The van der Waals surface area contributed by atoms with E-state index in [-0.39, 0.29) is 11.7 Å². The van der Waals surface area contributed by atoms with Gasteiger partial charge in [-0.25, -0.2) is 0 Å². The highest BCUT2D eigenvalue weighted by Crippen LogP contribution is 2.22. The van der Waals surface area contributed by atoms with Gasteiger partial charge in [0.25, 0.3) is 5.91 Å². The molecule has 0 unspecified atom stereocenters. The average Bonchev–Trinajstić information content (AvgIpc) is 2.49. The number of nitrogens with two attached hydrogens (primary N) is 1. The molecule has 0 aliphatic heterocycles. The van der Waals surface area contributed by atoms with Gasteiger partial charge in [0.2, 0.25) is 0 Å². The van der Waals surface area contributed by atoms with Crippen LogP contribution in [0.15, 0.2) is 48.5 Å². The molecule has 0 aliphatic carbocycles. The molecule has 0 aliphatic rings. The van der Waals surface area contributed by atoms with E-state index < -0.39 is 0 Å². The maximum absolute atomic E-state index is 12.5. The summed E-state index contributed by atoms with van der Waals surface area (Å²) in [5.41, 5.74) is 7.67. The number of phenolic OH excluding ortho intramolecular Hbond substituents is 1. The first kappa shape index (κ1) is 14.1. The molecule has 104 valence electrons. The topological polar surface area (TPSA) is 66.6 Å². The fourth-order valence-corrected chi connectivity index (χ4v) is 2.06. The summed E-state index contributed by atoms with van der Waals surface area (Å²) in [6.07, 6.45) is 0. The number of hydrogen-bond donors (Lipinski definition) is 2. The van der Waals surface area contributed by atoms with Crippen LogP contribution < -0.4 is 10.6 Å². The summed E-state index contributed by atoms with van der Waals surface area (Å²) in [5, 5.41) is 9.79. The normalized spacial score (nSPS) is 10.3. The predicted molar refractivity (Wildman–Crippen MR) is 79.8 cm³/mol. The van der Waals surface area contributed by atoms with E-state index >= 15 is 0 Å². The molecule has 0 spiro atoms. The lowest BCUT2D eigenvalue weighted by Gasteiger charge is -2.21. The van der Waals surface area contributed by atoms with E-state index in [2.05, 4.69) is 0 Å². The van der Waals surface area contributed by atoms with Gasteiger partial charge >= 0.3 is 0 Å². The van der Waals surface area contributed by atoms with Gasteiger partial charge in [-0.2, -0.15) is 0 Å². The van der Waals surface area contributed by atoms with Gasteiger partial charge in [-0.15, -0.1) is 0 Å². The van der Waals surface area contributed by atoms with Crippen LogP contribution in [-0.4, -0.2) is 17.6 Å². The van der Waals surface area contributed by atoms with Crippen molar-refractivity contribution in [1.29, 1.82) is 0 Å². The molecule has 0 saturated heterocycles. The number of aromatic hydroxyl groups is 1. The van der Waals surface area contributed by atoms with Crippen LogP contribution in [0.25, 0.3) is 0 Å². The number of carbonyl (C=O) groups excluding carboxylic acids is 1. The van der Waals surface area contributed by atoms with Crippen LogP contribution in [0.3, 0.4) is 0 Å². The molecular weight excluding hydrogens is 252 g/mol. The molecule has 1 amide bonds. The second-order valence-electron chi connectivity index (χ2n) is 4.44. The molecule has 0 saturated carbocycles. The van der Waals surface area contributed by atoms with E-state index in [0.717, 1.165) is 11.3 Å². The van der Waals surface area contributed by atoms with Crippen LogP contribution in [0.1, 0.15) is 22.8 Å². The summed E-state index contributed by atoms with van der Waals surface area (Å²) in [5.74, 6) is -0.222. The first-order chi connectivity index (χ1) is 9.67. The molecule has 0 bridgehead atoms. The fourth-order valence-electron chi connectivity index (χ4n) is 2.06. The van der Waals surface area contributed by atoms with Crippen LogP contribution in [0.2, 0.25) is 0 Å². The summed E-state index contributed by atoms with van der Waals surface area (Å²) >= 11 is 0. The van der Waals surface area contributed by atoms with Crippen molar-refractivity contribution in [2.45, 2.75) is 13.5 Å². The lowest BCUT2D eigenvalue weighted by atomic mass is 10.1. The highest BCUT2D eigenvalue weighted by molar-refractivity contribution is 6.07. The smallest absolute Gasteiger partial charge is 0.262 e. The summed E-state index contributed by atoms with van der Waals surface area (Å²) in [4.78, 5) is 14.1. The van der Waals surface area contributed by atoms with Crippen molar-refractivity contribution in [2.24, 2.45) is 5.73 Å². The largest absolute Gasteiger partial charge is 0.507 e. The summed E-state index contributed by atoms with van der Waals surface area (Å²) < 4.78 is 0. The van der Waals surface area contributed by atoms with Gasteiger partial charge in [0.05, 0.1) is 5.56 Å². The zero-order valence-electron chi connectivity index (χ0n) is 11.4. The van der Waals surface area contributed by atoms with Crippen molar-refractivity contribution in [2.75, 3.05) is 11.4 Å². The maximum Gasteiger partial charge on any atom is 0.262 e. The van der Waals surface area contributed by atoms with Crippen molar-refractivity contribution < 1.29 is 9.90 Å². The lowest BCUT2D eigenvalue weighted by Crippen LogP contribution is -2.30. The number of hydrogen-bond acceptors (Lipinski definition) is 3. The van der Waals surface area contributed by atoms with Crippen LogP contribution in [0.4, 0.5) is 5.69 Å². The summed E-state index contributed by atoms with van der Waals surface area (Å²) in [6, 6.07) is 14.1. The molecule has 2 aromatic carbocycles. The number of rotatable bonds is 4. The SMILES string of the molecule is CCN(C(=O)c1ccccc1O)c1ccc(CN)cc1. The Morgan fingerprint density at radius 2 is 1.80 bits per heavy atom. The Labute approximate surface area is 118 Å². The summed E-state index contributed by atoms with van der Waals surface area (Å²) in [6.45, 7) is 2.89. The molecule has 0 aromatic heterocycles. The van der Waals surface area contributed by atoms with E-state index in [0.29, 0.717) is 18.7 Å². The molecule has 4 nitrogen and oxygen atoms in total. The van der Waals surface area contributed by atoms with Crippen molar-refractivity contribution in [3.8, 4) is 5.75 Å². The molecule has 0 fully saturated rings. The molecule has 0 atom stereocenters. The number of anilines is 1. The van der Waals surface area contributed by atoms with E-state index in [1.807, 2.05) is 31.2 Å². The van der Waals surface area contributed by atoms with Crippen LogP contribution in [0.5, 0.6) is 5.75 Å². The van der Waals surface area contributed by atoms with E-state index in [4.69, 9.17) is 5.73 Å². The number of amides is 1. The van der Waals surface area contributed by atoms with Crippen LogP contribution in [-0.2, 0) is 6.54 Å².